The molecule has 0 spiro atoms. The zero-order chi connectivity index (χ0) is 19.3. The number of fused-ring (bicyclic) bond motifs is 1. The quantitative estimate of drug-likeness (QED) is 0.504. The van der Waals surface area contributed by atoms with Crippen LogP contribution in [-0.2, 0) is 11.3 Å². The maximum atomic E-state index is 10.7. The molecule has 7 heteroatoms. The third-order valence-electron chi connectivity index (χ3n) is 4.21. The number of carboxylic acids is 1. The van der Waals surface area contributed by atoms with Crippen molar-refractivity contribution < 1.29 is 9.90 Å². The summed E-state index contributed by atoms with van der Waals surface area (Å²) in [4.78, 5) is 19.5. The Hall–Kier alpha value is -4.00. The Morgan fingerprint density at radius 3 is 2.86 bits per heavy atom. The summed E-state index contributed by atoms with van der Waals surface area (Å²) in [5.41, 5.74) is 4.42. The van der Waals surface area contributed by atoms with Gasteiger partial charge in [-0.3, -0.25) is 4.98 Å². The van der Waals surface area contributed by atoms with Crippen molar-refractivity contribution in [2.45, 2.75) is 6.54 Å². The van der Waals surface area contributed by atoms with E-state index < -0.39 is 5.97 Å². The number of anilines is 1. The Balaban J connectivity index is 1.63. The smallest absolute Gasteiger partial charge is 0.328 e. The zero-order valence-electron chi connectivity index (χ0n) is 14.9. The molecule has 0 bridgehead atoms. The second-order valence-corrected chi connectivity index (χ2v) is 6.15. The first-order chi connectivity index (χ1) is 13.7. The number of nitrogens with one attached hydrogen (secondary N) is 1. The van der Waals surface area contributed by atoms with E-state index in [9.17, 15) is 4.79 Å². The molecule has 1 aromatic carbocycles. The zero-order valence-corrected chi connectivity index (χ0v) is 14.9. The summed E-state index contributed by atoms with van der Waals surface area (Å²) in [5.74, 6) is -0.235. The Kier molecular flexibility index (Phi) is 4.79. The van der Waals surface area contributed by atoms with Crippen LogP contribution in [-0.4, -0.2) is 30.7 Å². The van der Waals surface area contributed by atoms with Crippen LogP contribution >= 0.6 is 0 Å². The van der Waals surface area contributed by atoms with Gasteiger partial charge in [0.2, 0.25) is 0 Å². The average molecular weight is 371 g/mol. The third-order valence-corrected chi connectivity index (χ3v) is 4.21. The number of aliphatic carboxylic acids is 1. The fraction of sp³-hybridized carbons (Fsp3) is 0.0476. The minimum absolute atomic E-state index is 0.643. The number of carbonyl (C=O) groups is 1. The van der Waals surface area contributed by atoms with Gasteiger partial charge in [0.25, 0.3) is 0 Å². The topological polar surface area (TPSA) is 92.4 Å². The van der Waals surface area contributed by atoms with Crippen molar-refractivity contribution in [2.24, 2.45) is 0 Å². The van der Waals surface area contributed by atoms with Crippen molar-refractivity contribution in [3.63, 3.8) is 0 Å². The number of hydrogen-bond donors (Lipinski definition) is 2. The predicted octanol–water partition coefficient (Wildman–Crippen LogP) is 3.50. The van der Waals surface area contributed by atoms with E-state index >= 15 is 0 Å². The molecule has 138 valence electrons. The lowest BCUT2D eigenvalue weighted by molar-refractivity contribution is -0.131. The van der Waals surface area contributed by atoms with Crippen molar-refractivity contribution in [1.82, 2.24) is 19.6 Å². The van der Waals surface area contributed by atoms with Gasteiger partial charge in [-0.2, -0.15) is 5.10 Å². The maximum Gasteiger partial charge on any atom is 0.328 e. The highest BCUT2D eigenvalue weighted by molar-refractivity contribution is 5.86. The Morgan fingerprint density at radius 1 is 1.18 bits per heavy atom. The molecule has 28 heavy (non-hydrogen) atoms. The number of pyridine rings is 1. The predicted molar refractivity (Wildman–Crippen MR) is 107 cm³/mol. The van der Waals surface area contributed by atoms with E-state index in [0.29, 0.717) is 6.54 Å². The van der Waals surface area contributed by atoms with Crippen LogP contribution in [0.2, 0.25) is 0 Å². The monoisotopic (exact) mass is 371 g/mol. The van der Waals surface area contributed by atoms with E-state index in [-0.39, 0.29) is 0 Å². The van der Waals surface area contributed by atoms with Gasteiger partial charge >= 0.3 is 5.97 Å². The molecule has 0 fully saturated rings. The number of benzene rings is 1. The van der Waals surface area contributed by atoms with Crippen LogP contribution in [0.25, 0.3) is 22.9 Å². The highest BCUT2D eigenvalue weighted by Gasteiger charge is 2.09. The minimum Gasteiger partial charge on any atom is -0.478 e. The highest BCUT2D eigenvalue weighted by Crippen LogP contribution is 2.25. The van der Waals surface area contributed by atoms with Crippen LogP contribution in [0.4, 0.5) is 5.82 Å². The van der Waals surface area contributed by atoms with E-state index in [1.54, 1.807) is 29.2 Å². The molecular weight excluding hydrogens is 354 g/mol. The van der Waals surface area contributed by atoms with Crippen LogP contribution in [0.5, 0.6) is 0 Å². The maximum absolute atomic E-state index is 10.7. The molecule has 0 atom stereocenters. The normalized spacial score (nSPS) is 11.1. The summed E-state index contributed by atoms with van der Waals surface area (Å²) in [7, 11) is 0. The lowest BCUT2D eigenvalue weighted by Gasteiger charge is -2.07. The summed E-state index contributed by atoms with van der Waals surface area (Å²) < 4.78 is 1.71. The van der Waals surface area contributed by atoms with Gasteiger partial charge in [-0.05, 0) is 47.0 Å². The van der Waals surface area contributed by atoms with Crippen molar-refractivity contribution in [2.75, 3.05) is 5.32 Å². The fourth-order valence-electron chi connectivity index (χ4n) is 2.84. The summed E-state index contributed by atoms with van der Waals surface area (Å²) in [5, 5.41) is 16.5. The number of carboxylic acid groups (broad SMARTS) is 1. The first-order valence-corrected chi connectivity index (χ1v) is 8.68. The lowest BCUT2D eigenvalue weighted by atomic mass is 10.1. The molecule has 4 aromatic rings. The summed E-state index contributed by atoms with van der Waals surface area (Å²) in [6.45, 7) is 0.643. The third kappa shape index (κ3) is 3.88. The second kappa shape index (κ2) is 7.71. The number of aromatic nitrogens is 4. The molecule has 0 aliphatic heterocycles. The molecule has 3 aromatic heterocycles. The molecule has 0 saturated heterocycles. The van der Waals surface area contributed by atoms with Crippen molar-refractivity contribution in [3.8, 4) is 11.1 Å². The first kappa shape index (κ1) is 17.4. The standard InChI is InChI=1S/C21H17N5O2/c27-20(28)5-4-15-2-1-3-17(12-15)18-14-24-26-11-8-19(25-21(18)26)23-13-16-6-9-22-10-7-16/h1-12,14H,13H2,(H,23,25)(H,27,28)/b5-4+. The molecule has 0 radical (unpaired) electrons. The average Bonchev–Trinajstić information content (AvgIpc) is 3.15. The molecule has 3 heterocycles. The van der Waals surface area contributed by atoms with Gasteiger partial charge in [-0.15, -0.1) is 0 Å². The molecule has 0 saturated carbocycles. The van der Waals surface area contributed by atoms with Gasteiger partial charge in [0.15, 0.2) is 5.65 Å². The van der Waals surface area contributed by atoms with Gasteiger partial charge < -0.3 is 10.4 Å². The lowest BCUT2D eigenvalue weighted by Crippen LogP contribution is -2.02. The molecule has 0 aliphatic carbocycles. The summed E-state index contributed by atoms with van der Waals surface area (Å²) in [6, 6.07) is 13.4. The van der Waals surface area contributed by atoms with Crippen LogP contribution in [0.15, 0.2) is 73.3 Å². The van der Waals surface area contributed by atoms with E-state index in [2.05, 4.69) is 15.4 Å². The van der Waals surface area contributed by atoms with Crippen LogP contribution in [0.1, 0.15) is 11.1 Å². The van der Waals surface area contributed by atoms with Crippen molar-refractivity contribution in [3.05, 3.63) is 84.5 Å². The van der Waals surface area contributed by atoms with Gasteiger partial charge in [-0.1, -0.05) is 18.2 Å². The van der Waals surface area contributed by atoms with Crippen LogP contribution in [0, 0.1) is 0 Å². The Labute approximate surface area is 161 Å². The molecule has 7 nitrogen and oxygen atoms in total. The Morgan fingerprint density at radius 2 is 2.04 bits per heavy atom. The van der Waals surface area contributed by atoms with E-state index in [1.807, 2.05) is 48.7 Å². The highest BCUT2D eigenvalue weighted by atomic mass is 16.4. The number of nitrogens with zero attached hydrogens (tertiary/aromatic N) is 4. The Bertz CT molecular complexity index is 1150. The van der Waals surface area contributed by atoms with Gasteiger partial charge in [0, 0.05) is 36.8 Å². The molecule has 0 amide bonds. The van der Waals surface area contributed by atoms with E-state index in [4.69, 9.17) is 10.1 Å². The largest absolute Gasteiger partial charge is 0.478 e. The second-order valence-electron chi connectivity index (χ2n) is 6.15. The molecular formula is C21H17N5O2. The molecule has 0 aliphatic rings. The van der Waals surface area contributed by atoms with Gasteiger partial charge in [0.1, 0.15) is 5.82 Å². The van der Waals surface area contributed by atoms with Crippen molar-refractivity contribution >= 4 is 23.5 Å². The number of hydrogen-bond acceptors (Lipinski definition) is 5. The van der Waals surface area contributed by atoms with Gasteiger partial charge in [-0.25, -0.2) is 14.3 Å². The summed E-state index contributed by atoms with van der Waals surface area (Å²) >= 11 is 0. The number of rotatable bonds is 6. The summed E-state index contributed by atoms with van der Waals surface area (Å²) in [6.07, 6.45) is 9.81. The molecule has 0 unspecified atom stereocenters. The first-order valence-electron chi connectivity index (χ1n) is 8.68. The minimum atomic E-state index is -0.979. The molecule has 2 N–H and O–H groups in total. The van der Waals surface area contributed by atoms with Crippen LogP contribution < -0.4 is 5.32 Å². The van der Waals surface area contributed by atoms with Crippen molar-refractivity contribution in [1.29, 1.82) is 0 Å². The van der Waals surface area contributed by atoms with Gasteiger partial charge in [0.05, 0.1) is 6.20 Å². The molecule has 4 rings (SSSR count). The van der Waals surface area contributed by atoms with E-state index in [1.165, 1.54) is 0 Å². The SMILES string of the molecule is O=C(O)/C=C/c1cccc(-c2cnn3ccc(NCc4ccncc4)nc23)c1. The fourth-order valence-corrected chi connectivity index (χ4v) is 2.84. The van der Waals surface area contributed by atoms with E-state index in [0.717, 1.165) is 39.8 Å². The van der Waals surface area contributed by atoms with Crippen LogP contribution in [0.3, 0.4) is 0 Å².